The van der Waals surface area contributed by atoms with Gasteiger partial charge in [-0.05, 0) is 35.4 Å². The summed E-state index contributed by atoms with van der Waals surface area (Å²) in [6.45, 7) is 0.354. The van der Waals surface area contributed by atoms with Crippen LogP contribution in [0.25, 0.3) is 11.1 Å². The molecule has 0 amide bonds. The maximum atomic E-state index is 10.9. The largest absolute Gasteiger partial charge is 0.478 e. The smallest absolute Gasteiger partial charge is 0.335 e. The molecule has 0 aromatic heterocycles. The SMILES string of the molecule is O=COc1cccc(-c2cccc(C(=O)O)c2)c1. The zero-order valence-corrected chi connectivity index (χ0v) is 9.37. The molecule has 0 atom stereocenters. The summed E-state index contributed by atoms with van der Waals surface area (Å²) in [7, 11) is 0. The topological polar surface area (TPSA) is 63.6 Å². The first-order valence-corrected chi connectivity index (χ1v) is 5.25. The van der Waals surface area contributed by atoms with Crippen molar-refractivity contribution in [2.45, 2.75) is 0 Å². The van der Waals surface area contributed by atoms with E-state index in [0.29, 0.717) is 12.2 Å². The van der Waals surface area contributed by atoms with Crippen LogP contribution in [0.3, 0.4) is 0 Å². The fraction of sp³-hybridized carbons (Fsp3) is 0. The summed E-state index contributed by atoms with van der Waals surface area (Å²) in [5.74, 6) is -0.555. The first kappa shape index (κ1) is 11.9. The number of carbonyl (C=O) groups is 2. The van der Waals surface area contributed by atoms with Gasteiger partial charge in [0.2, 0.25) is 0 Å². The van der Waals surface area contributed by atoms with E-state index < -0.39 is 5.97 Å². The van der Waals surface area contributed by atoms with Crippen molar-refractivity contribution in [1.29, 1.82) is 0 Å². The first-order chi connectivity index (χ1) is 8.70. The van der Waals surface area contributed by atoms with Gasteiger partial charge >= 0.3 is 5.97 Å². The van der Waals surface area contributed by atoms with Crippen molar-refractivity contribution < 1.29 is 19.4 Å². The number of carbonyl (C=O) groups excluding carboxylic acids is 1. The molecule has 0 saturated carbocycles. The second kappa shape index (κ2) is 5.14. The zero-order valence-electron chi connectivity index (χ0n) is 9.37. The number of hydrogen-bond donors (Lipinski definition) is 1. The number of carboxylic acid groups (broad SMARTS) is 1. The van der Waals surface area contributed by atoms with E-state index in [1.165, 1.54) is 6.07 Å². The zero-order chi connectivity index (χ0) is 13.0. The fourth-order valence-corrected chi connectivity index (χ4v) is 1.64. The van der Waals surface area contributed by atoms with Crippen molar-refractivity contribution >= 4 is 12.4 Å². The molecule has 2 aromatic carbocycles. The molecule has 2 rings (SSSR count). The van der Waals surface area contributed by atoms with Gasteiger partial charge in [0, 0.05) is 0 Å². The lowest BCUT2D eigenvalue weighted by molar-refractivity contribution is -0.120. The molecule has 0 fully saturated rings. The van der Waals surface area contributed by atoms with E-state index >= 15 is 0 Å². The van der Waals surface area contributed by atoms with Gasteiger partial charge in [-0.3, -0.25) is 4.79 Å². The molecule has 2 aromatic rings. The number of ether oxygens (including phenoxy) is 1. The molecule has 1 N–H and O–H groups in total. The van der Waals surface area contributed by atoms with E-state index in [1.54, 1.807) is 36.4 Å². The van der Waals surface area contributed by atoms with Gasteiger partial charge in [-0.25, -0.2) is 4.79 Å². The lowest BCUT2D eigenvalue weighted by Crippen LogP contribution is -1.95. The number of carboxylic acids is 1. The van der Waals surface area contributed by atoms with E-state index in [4.69, 9.17) is 9.84 Å². The molecular formula is C14H10O4. The molecule has 0 bridgehead atoms. The predicted octanol–water partition coefficient (Wildman–Crippen LogP) is 2.59. The van der Waals surface area contributed by atoms with Crippen molar-refractivity contribution in [3.8, 4) is 16.9 Å². The van der Waals surface area contributed by atoms with Gasteiger partial charge in [-0.2, -0.15) is 0 Å². The van der Waals surface area contributed by atoms with E-state index in [0.717, 1.165) is 11.1 Å². The third-order valence-corrected chi connectivity index (χ3v) is 2.46. The Labute approximate surface area is 103 Å². The number of rotatable bonds is 4. The summed E-state index contributed by atoms with van der Waals surface area (Å²) in [6, 6.07) is 13.5. The molecule has 0 aliphatic carbocycles. The van der Waals surface area contributed by atoms with Crippen molar-refractivity contribution in [2.24, 2.45) is 0 Å². The molecule has 0 radical (unpaired) electrons. The molecule has 0 spiro atoms. The van der Waals surface area contributed by atoms with Crippen molar-refractivity contribution in [1.82, 2.24) is 0 Å². The highest BCUT2D eigenvalue weighted by molar-refractivity contribution is 5.89. The summed E-state index contributed by atoms with van der Waals surface area (Å²) in [4.78, 5) is 21.1. The van der Waals surface area contributed by atoms with Gasteiger partial charge in [0.1, 0.15) is 5.75 Å². The monoisotopic (exact) mass is 242 g/mol. The van der Waals surface area contributed by atoms with Gasteiger partial charge in [0.25, 0.3) is 6.47 Å². The maximum absolute atomic E-state index is 10.9. The molecule has 0 aliphatic rings. The van der Waals surface area contributed by atoms with Crippen LogP contribution in [0.4, 0.5) is 0 Å². The highest BCUT2D eigenvalue weighted by atomic mass is 16.5. The Balaban J connectivity index is 2.41. The summed E-state index contributed by atoms with van der Waals surface area (Å²) >= 11 is 0. The van der Waals surface area contributed by atoms with Gasteiger partial charge < -0.3 is 9.84 Å². The molecule has 90 valence electrons. The Morgan fingerprint density at radius 1 is 1.06 bits per heavy atom. The summed E-state index contributed by atoms with van der Waals surface area (Å²) in [6.07, 6.45) is 0. The Bertz CT molecular complexity index is 590. The van der Waals surface area contributed by atoms with Gasteiger partial charge in [-0.1, -0.05) is 24.3 Å². The molecule has 4 nitrogen and oxygen atoms in total. The van der Waals surface area contributed by atoms with E-state index in [-0.39, 0.29) is 5.56 Å². The van der Waals surface area contributed by atoms with Crippen LogP contribution in [-0.2, 0) is 4.79 Å². The minimum Gasteiger partial charge on any atom is -0.478 e. The molecule has 4 heteroatoms. The van der Waals surface area contributed by atoms with E-state index in [2.05, 4.69) is 0 Å². The minimum absolute atomic E-state index is 0.217. The van der Waals surface area contributed by atoms with Crippen molar-refractivity contribution in [3.63, 3.8) is 0 Å². The van der Waals surface area contributed by atoms with Crippen LogP contribution in [-0.4, -0.2) is 17.5 Å². The standard InChI is InChI=1S/C14H10O4/c15-9-18-13-6-2-4-11(8-13)10-3-1-5-12(7-10)14(16)17/h1-9H,(H,16,17). The fourth-order valence-electron chi connectivity index (χ4n) is 1.64. The first-order valence-electron chi connectivity index (χ1n) is 5.25. The Morgan fingerprint density at radius 3 is 2.39 bits per heavy atom. The van der Waals surface area contributed by atoms with Gasteiger partial charge in [0.05, 0.1) is 5.56 Å². The van der Waals surface area contributed by atoms with Crippen LogP contribution in [0.2, 0.25) is 0 Å². The quantitative estimate of drug-likeness (QED) is 0.837. The Kier molecular flexibility index (Phi) is 3.38. The number of benzene rings is 2. The third-order valence-electron chi connectivity index (χ3n) is 2.46. The lowest BCUT2D eigenvalue weighted by Gasteiger charge is -2.04. The average Bonchev–Trinajstić information content (AvgIpc) is 2.39. The van der Waals surface area contributed by atoms with Crippen LogP contribution >= 0.6 is 0 Å². The van der Waals surface area contributed by atoms with Crippen molar-refractivity contribution in [2.75, 3.05) is 0 Å². The van der Waals surface area contributed by atoms with E-state index in [1.807, 2.05) is 6.07 Å². The van der Waals surface area contributed by atoms with Gasteiger partial charge in [0.15, 0.2) is 0 Å². The molecule has 0 saturated heterocycles. The number of aromatic carboxylic acids is 1. The van der Waals surface area contributed by atoms with Crippen LogP contribution in [0.15, 0.2) is 48.5 Å². The Morgan fingerprint density at radius 2 is 1.72 bits per heavy atom. The molecular weight excluding hydrogens is 232 g/mol. The molecule has 0 unspecified atom stereocenters. The number of hydrogen-bond acceptors (Lipinski definition) is 3. The summed E-state index contributed by atoms with van der Waals surface area (Å²) in [5, 5.41) is 8.92. The summed E-state index contributed by atoms with van der Waals surface area (Å²) in [5.41, 5.74) is 1.76. The summed E-state index contributed by atoms with van der Waals surface area (Å²) < 4.78 is 4.75. The van der Waals surface area contributed by atoms with Crippen LogP contribution in [0.1, 0.15) is 10.4 Å². The predicted molar refractivity (Wildman–Crippen MR) is 65.5 cm³/mol. The third kappa shape index (κ3) is 2.55. The van der Waals surface area contributed by atoms with E-state index in [9.17, 15) is 9.59 Å². The highest BCUT2D eigenvalue weighted by Crippen LogP contribution is 2.24. The second-order valence-corrected chi connectivity index (χ2v) is 3.63. The maximum Gasteiger partial charge on any atom is 0.335 e. The van der Waals surface area contributed by atoms with Crippen LogP contribution in [0.5, 0.6) is 5.75 Å². The van der Waals surface area contributed by atoms with Crippen molar-refractivity contribution in [3.05, 3.63) is 54.1 Å². The van der Waals surface area contributed by atoms with Gasteiger partial charge in [-0.15, -0.1) is 0 Å². The lowest BCUT2D eigenvalue weighted by atomic mass is 10.0. The van der Waals surface area contributed by atoms with Crippen LogP contribution in [0, 0.1) is 0 Å². The Hall–Kier alpha value is -2.62. The van der Waals surface area contributed by atoms with Crippen LogP contribution < -0.4 is 4.74 Å². The molecule has 0 heterocycles. The molecule has 0 aliphatic heterocycles. The average molecular weight is 242 g/mol. The normalized spacial score (nSPS) is 9.78. The molecule has 18 heavy (non-hydrogen) atoms. The minimum atomic E-state index is -0.975. The second-order valence-electron chi connectivity index (χ2n) is 3.63. The highest BCUT2D eigenvalue weighted by Gasteiger charge is 2.05.